The van der Waals surface area contributed by atoms with Crippen molar-refractivity contribution in [3.8, 4) is 23.6 Å². The maximum absolute atomic E-state index is 5.31. The summed E-state index contributed by atoms with van der Waals surface area (Å²) in [4.78, 5) is 4.36. The number of aryl methyl sites for hydroxylation is 1. The van der Waals surface area contributed by atoms with Gasteiger partial charge in [0, 0.05) is 5.56 Å². The van der Waals surface area contributed by atoms with Crippen LogP contribution in [0.25, 0.3) is 11.3 Å². The van der Waals surface area contributed by atoms with Crippen LogP contribution in [0.5, 0.6) is 0 Å². The largest absolute Gasteiger partial charge is 0.239 e. The second-order valence-corrected chi connectivity index (χ2v) is 3.42. The van der Waals surface area contributed by atoms with Crippen molar-refractivity contribution < 1.29 is 0 Å². The number of benzene rings is 1. The van der Waals surface area contributed by atoms with Crippen LogP contribution < -0.4 is 0 Å². The van der Waals surface area contributed by atoms with E-state index in [1.165, 1.54) is 5.56 Å². The van der Waals surface area contributed by atoms with Crippen LogP contribution in [-0.4, -0.2) is 4.98 Å². The van der Waals surface area contributed by atoms with Crippen molar-refractivity contribution in [1.29, 1.82) is 0 Å². The third kappa shape index (κ3) is 2.05. The molecule has 0 aliphatic carbocycles. The molecule has 1 aromatic carbocycles. The summed E-state index contributed by atoms with van der Waals surface area (Å²) in [6.07, 6.45) is 5.31. The minimum Gasteiger partial charge on any atom is -0.239 e. The molecule has 0 aliphatic heterocycles. The van der Waals surface area contributed by atoms with Crippen molar-refractivity contribution in [2.24, 2.45) is 0 Å². The van der Waals surface area contributed by atoms with Crippen LogP contribution in [0, 0.1) is 19.3 Å². The van der Waals surface area contributed by atoms with Crippen molar-refractivity contribution >= 4 is 0 Å². The normalized spacial score (nSPS) is 9.60. The van der Waals surface area contributed by atoms with Crippen LogP contribution in [-0.2, 0) is 0 Å². The molecular formula is C14H11N. The Morgan fingerprint density at radius 1 is 1.07 bits per heavy atom. The van der Waals surface area contributed by atoms with Gasteiger partial charge in [-0.15, -0.1) is 6.42 Å². The van der Waals surface area contributed by atoms with Gasteiger partial charge < -0.3 is 0 Å². The Morgan fingerprint density at radius 2 is 1.80 bits per heavy atom. The number of hydrogen-bond acceptors (Lipinski definition) is 1. The average Bonchev–Trinajstić information content (AvgIpc) is 2.30. The molecular weight excluding hydrogens is 182 g/mol. The fourth-order valence-electron chi connectivity index (χ4n) is 1.40. The highest BCUT2D eigenvalue weighted by atomic mass is 14.7. The summed E-state index contributed by atoms with van der Waals surface area (Å²) < 4.78 is 0. The summed E-state index contributed by atoms with van der Waals surface area (Å²) in [6, 6.07) is 14.0. The minimum absolute atomic E-state index is 0.674. The van der Waals surface area contributed by atoms with Gasteiger partial charge in [-0.25, -0.2) is 4.98 Å². The van der Waals surface area contributed by atoms with Crippen LogP contribution in [0.3, 0.4) is 0 Å². The summed E-state index contributed by atoms with van der Waals surface area (Å²) in [7, 11) is 0. The van der Waals surface area contributed by atoms with Crippen LogP contribution in [0.15, 0.2) is 42.5 Å². The van der Waals surface area contributed by atoms with Gasteiger partial charge in [-0.05, 0) is 19.1 Å². The second-order valence-electron chi connectivity index (χ2n) is 3.42. The van der Waals surface area contributed by atoms with E-state index < -0.39 is 0 Å². The standard InChI is InChI=1S/C14H11N/c1-3-13-5-4-6-14(15-13)12-9-7-11(2)8-10-12/h1,4-10H,2H3. The highest BCUT2D eigenvalue weighted by Gasteiger charge is 1.98. The van der Waals surface area contributed by atoms with Gasteiger partial charge in [-0.1, -0.05) is 41.8 Å². The van der Waals surface area contributed by atoms with Crippen molar-refractivity contribution in [2.75, 3.05) is 0 Å². The molecule has 0 fully saturated rings. The van der Waals surface area contributed by atoms with Gasteiger partial charge in [-0.2, -0.15) is 0 Å². The number of terminal acetylenes is 1. The van der Waals surface area contributed by atoms with Crippen molar-refractivity contribution in [1.82, 2.24) is 4.98 Å². The van der Waals surface area contributed by atoms with E-state index in [2.05, 4.69) is 42.1 Å². The van der Waals surface area contributed by atoms with E-state index in [0.29, 0.717) is 5.69 Å². The highest BCUT2D eigenvalue weighted by molar-refractivity contribution is 5.60. The quantitative estimate of drug-likeness (QED) is 0.634. The van der Waals surface area contributed by atoms with E-state index in [-0.39, 0.29) is 0 Å². The average molecular weight is 193 g/mol. The zero-order valence-corrected chi connectivity index (χ0v) is 8.57. The highest BCUT2D eigenvalue weighted by Crippen LogP contribution is 2.17. The number of aromatic nitrogens is 1. The maximum Gasteiger partial charge on any atom is 0.113 e. The molecule has 72 valence electrons. The number of pyridine rings is 1. The van der Waals surface area contributed by atoms with Gasteiger partial charge in [-0.3, -0.25) is 0 Å². The molecule has 1 heterocycles. The molecule has 2 rings (SSSR count). The predicted octanol–water partition coefficient (Wildman–Crippen LogP) is 3.04. The fourth-order valence-corrected chi connectivity index (χ4v) is 1.40. The molecule has 0 spiro atoms. The Morgan fingerprint density at radius 3 is 2.47 bits per heavy atom. The van der Waals surface area contributed by atoms with Gasteiger partial charge >= 0.3 is 0 Å². The third-order valence-corrected chi connectivity index (χ3v) is 2.24. The Kier molecular flexibility index (Phi) is 2.51. The molecule has 0 bridgehead atoms. The Hall–Kier alpha value is -2.07. The molecule has 2 aromatic rings. The molecule has 0 atom stereocenters. The molecule has 0 aliphatic rings. The van der Waals surface area contributed by atoms with Gasteiger partial charge in [0.05, 0.1) is 5.69 Å². The van der Waals surface area contributed by atoms with Crippen LogP contribution in [0.4, 0.5) is 0 Å². The molecule has 15 heavy (non-hydrogen) atoms. The van der Waals surface area contributed by atoms with Gasteiger partial charge in [0.25, 0.3) is 0 Å². The SMILES string of the molecule is C#Cc1cccc(-c2ccc(C)cc2)n1. The molecule has 0 saturated heterocycles. The zero-order chi connectivity index (χ0) is 10.7. The summed E-state index contributed by atoms with van der Waals surface area (Å²) in [5, 5.41) is 0. The first kappa shape index (κ1) is 9.48. The van der Waals surface area contributed by atoms with Crippen molar-refractivity contribution in [3.05, 3.63) is 53.7 Å². The first-order valence-electron chi connectivity index (χ1n) is 4.80. The van der Waals surface area contributed by atoms with E-state index >= 15 is 0 Å². The predicted molar refractivity (Wildman–Crippen MR) is 62.3 cm³/mol. The lowest BCUT2D eigenvalue weighted by molar-refractivity contribution is 1.28. The maximum atomic E-state index is 5.31. The molecule has 0 amide bonds. The molecule has 0 unspecified atom stereocenters. The van der Waals surface area contributed by atoms with Crippen molar-refractivity contribution in [2.45, 2.75) is 6.92 Å². The number of nitrogens with zero attached hydrogens (tertiary/aromatic N) is 1. The second kappa shape index (κ2) is 3.98. The monoisotopic (exact) mass is 193 g/mol. The smallest absolute Gasteiger partial charge is 0.113 e. The zero-order valence-electron chi connectivity index (χ0n) is 8.57. The topological polar surface area (TPSA) is 12.9 Å². The van der Waals surface area contributed by atoms with Gasteiger partial charge in [0.15, 0.2) is 0 Å². The molecule has 1 heteroatoms. The van der Waals surface area contributed by atoms with Crippen LogP contribution in [0.2, 0.25) is 0 Å². The summed E-state index contributed by atoms with van der Waals surface area (Å²) in [5.74, 6) is 2.54. The lowest BCUT2D eigenvalue weighted by Crippen LogP contribution is -1.86. The van der Waals surface area contributed by atoms with Crippen LogP contribution in [0.1, 0.15) is 11.3 Å². The molecule has 0 saturated carbocycles. The van der Waals surface area contributed by atoms with E-state index in [0.717, 1.165) is 11.3 Å². The molecule has 0 radical (unpaired) electrons. The summed E-state index contributed by atoms with van der Waals surface area (Å²) in [5.41, 5.74) is 3.93. The Balaban J connectivity index is 2.46. The lowest BCUT2D eigenvalue weighted by Gasteiger charge is -2.01. The van der Waals surface area contributed by atoms with E-state index in [4.69, 9.17) is 6.42 Å². The fraction of sp³-hybridized carbons (Fsp3) is 0.0714. The third-order valence-electron chi connectivity index (χ3n) is 2.24. The molecule has 1 aromatic heterocycles. The first-order chi connectivity index (χ1) is 7.29. The number of rotatable bonds is 1. The Labute approximate surface area is 89.8 Å². The van der Waals surface area contributed by atoms with Crippen molar-refractivity contribution in [3.63, 3.8) is 0 Å². The van der Waals surface area contributed by atoms with E-state index in [1.54, 1.807) is 0 Å². The molecule has 0 N–H and O–H groups in total. The first-order valence-corrected chi connectivity index (χ1v) is 4.80. The van der Waals surface area contributed by atoms with E-state index in [9.17, 15) is 0 Å². The lowest BCUT2D eigenvalue weighted by atomic mass is 10.1. The van der Waals surface area contributed by atoms with E-state index in [1.807, 2.05) is 18.2 Å². The summed E-state index contributed by atoms with van der Waals surface area (Å²) >= 11 is 0. The van der Waals surface area contributed by atoms with Gasteiger partial charge in [0.1, 0.15) is 5.69 Å². The summed E-state index contributed by atoms with van der Waals surface area (Å²) in [6.45, 7) is 2.06. The number of hydrogen-bond donors (Lipinski definition) is 0. The van der Waals surface area contributed by atoms with Gasteiger partial charge in [0.2, 0.25) is 0 Å². The Bertz CT molecular complexity index is 504. The van der Waals surface area contributed by atoms with Crippen LogP contribution >= 0.6 is 0 Å². The minimum atomic E-state index is 0.674. The molecule has 1 nitrogen and oxygen atoms in total.